The molecule has 0 bridgehead atoms. The van der Waals surface area contributed by atoms with Gasteiger partial charge in [0.25, 0.3) is 0 Å². The molecular weight excluding hydrogens is 376 g/mol. The van der Waals surface area contributed by atoms with E-state index in [0.29, 0.717) is 35.5 Å². The summed E-state index contributed by atoms with van der Waals surface area (Å²) in [5, 5.41) is 31.3. The molecule has 0 heterocycles. The average molecular weight is 421 g/mol. The summed E-state index contributed by atoms with van der Waals surface area (Å²) in [6.45, 7) is 11.3. The smallest absolute Gasteiger partial charge is 0.306 e. The van der Waals surface area contributed by atoms with Gasteiger partial charge in [-0.3, -0.25) is 4.79 Å². The summed E-state index contributed by atoms with van der Waals surface area (Å²) in [5.41, 5.74) is 0.461. The van der Waals surface area contributed by atoms with E-state index >= 15 is 0 Å². The monoisotopic (exact) mass is 420 g/mol. The van der Waals surface area contributed by atoms with Crippen molar-refractivity contribution in [1.82, 2.24) is 0 Å². The van der Waals surface area contributed by atoms with E-state index < -0.39 is 5.97 Å². The Hall–Kier alpha value is -0.610. The molecule has 6 unspecified atom stereocenters. The number of hydrogen-bond donors (Lipinski definition) is 3. The van der Waals surface area contributed by atoms with E-state index in [2.05, 4.69) is 27.7 Å². The molecule has 4 nitrogen and oxygen atoms in total. The number of hydrogen-bond acceptors (Lipinski definition) is 3. The third-order valence-electron chi connectivity index (χ3n) is 11.0. The van der Waals surface area contributed by atoms with Crippen LogP contribution in [0.5, 0.6) is 0 Å². The SMILES string of the molecule is CC(C[C@@H](C)C1CCC2C3C(CC[C@@]21C)[C@@]1(C)CC[C@@H](O)CC1[C@@H](C)[C@H]3O)C(=O)O. The molecule has 0 aromatic rings. The maximum atomic E-state index is 11.6. The van der Waals surface area contributed by atoms with Crippen LogP contribution < -0.4 is 0 Å². The van der Waals surface area contributed by atoms with Crippen LogP contribution in [0.15, 0.2) is 0 Å². The van der Waals surface area contributed by atoms with E-state index in [1.807, 2.05) is 6.92 Å². The molecule has 0 saturated heterocycles. The summed E-state index contributed by atoms with van der Waals surface area (Å²) in [6.07, 6.45) is 7.90. The van der Waals surface area contributed by atoms with Gasteiger partial charge in [-0.15, -0.1) is 0 Å². The molecule has 4 aliphatic carbocycles. The van der Waals surface area contributed by atoms with Crippen LogP contribution in [0.2, 0.25) is 0 Å². The van der Waals surface area contributed by atoms with Gasteiger partial charge in [-0.1, -0.05) is 34.6 Å². The maximum absolute atomic E-state index is 11.6. The second-order valence-corrected chi connectivity index (χ2v) is 12.4. The van der Waals surface area contributed by atoms with Crippen molar-refractivity contribution >= 4 is 5.97 Å². The third-order valence-corrected chi connectivity index (χ3v) is 11.0. The van der Waals surface area contributed by atoms with Gasteiger partial charge in [0.1, 0.15) is 0 Å². The molecule has 4 heteroatoms. The van der Waals surface area contributed by atoms with Crippen molar-refractivity contribution in [1.29, 1.82) is 0 Å². The lowest BCUT2D eigenvalue weighted by Crippen LogP contribution is -2.61. The van der Waals surface area contributed by atoms with Crippen molar-refractivity contribution in [3.63, 3.8) is 0 Å². The number of aliphatic hydroxyl groups excluding tert-OH is 2. The molecule has 0 aromatic heterocycles. The fourth-order valence-corrected chi connectivity index (χ4v) is 9.45. The van der Waals surface area contributed by atoms with E-state index in [1.165, 1.54) is 25.7 Å². The minimum Gasteiger partial charge on any atom is -0.481 e. The Kier molecular flexibility index (Phi) is 5.84. The van der Waals surface area contributed by atoms with Crippen molar-refractivity contribution in [3.8, 4) is 0 Å². The van der Waals surface area contributed by atoms with Crippen molar-refractivity contribution < 1.29 is 20.1 Å². The van der Waals surface area contributed by atoms with Crippen LogP contribution in [0.3, 0.4) is 0 Å². The summed E-state index contributed by atoms with van der Waals surface area (Å²) in [7, 11) is 0. The Morgan fingerprint density at radius 2 is 1.60 bits per heavy atom. The van der Waals surface area contributed by atoms with Crippen LogP contribution >= 0.6 is 0 Å². The Morgan fingerprint density at radius 3 is 2.27 bits per heavy atom. The molecular formula is C26H44O4. The molecule has 0 radical (unpaired) electrons. The summed E-state index contributed by atoms with van der Waals surface area (Å²) < 4.78 is 0. The first kappa shape index (κ1) is 22.6. The number of carboxylic acids is 1. The lowest BCUT2D eigenvalue weighted by molar-refractivity contribution is -0.199. The number of carboxylic acid groups (broad SMARTS) is 1. The van der Waals surface area contributed by atoms with Crippen LogP contribution in [0, 0.1) is 58.2 Å². The fraction of sp³-hybridized carbons (Fsp3) is 0.962. The van der Waals surface area contributed by atoms with Gasteiger partial charge >= 0.3 is 5.97 Å². The summed E-state index contributed by atoms with van der Waals surface area (Å²) >= 11 is 0. The first-order chi connectivity index (χ1) is 14.0. The minimum absolute atomic E-state index is 0.198. The predicted octanol–water partition coefficient (Wildman–Crippen LogP) is 4.97. The number of rotatable bonds is 4. The van der Waals surface area contributed by atoms with Crippen LogP contribution in [0.4, 0.5) is 0 Å². The normalized spacial score (nSPS) is 52.6. The summed E-state index contributed by atoms with van der Waals surface area (Å²) in [6, 6.07) is 0. The molecule has 0 aliphatic heterocycles. The van der Waals surface area contributed by atoms with E-state index in [0.717, 1.165) is 25.7 Å². The number of aliphatic hydroxyl groups is 2. The van der Waals surface area contributed by atoms with Crippen molar-refractivity contribution in [2.75, 3.05) is 0 Å². The average Bonchev–Trinajstić information content (AvgIpc) is 3.04. The Morgan fingerprint density at radius 1 is 0.967 bits per heavy atom. The Bertz CT molecular complexity index is 663. The first-order valence-electron chi connectivity index (χ1n) is 12.6. The highest BCUT2D eigenvalue weighted by atomic mass is 16.4. The lowest BCUT2D eigenvalue weighted by Gasteiger charge is -2.64. The van der Waals surface area contributed by atoms with Gasteiger partial charge in [-0.25, -0.2) is 0 Å². The summed E-state index contributed by atoms with van der Waals surface area (Å²) in [4.78, 5) is 11.4. The van der Waals surface area contributed by atoms with Gasteiger partial charge in [0, 0.05) is 0 Å². The Labute approximate surface area is 182 Å². The molecule has 30 heavy (non-hydrogen) atoms. The molecule has 4 rings (SSSR count). The molecule has 4 saturated carbocycles. The number of aliphatic carboxylic acids is 1. The van der Waals surface area contributed by atoms with Crippen molar-refractivity contribution in [3.05, 3.63) is 0 Å². The topological polar surface area (TPSA) is 77.8 Å². The molecule has 0 spiro atoms. The van der Waals surface area contributed by atoms with E-state index in [1.54, 1.807) is 0 Å². The molecule has 172 valence electrons. The standard InChI is InChI=1S/C26H44O4/c1-14(12-15(2)24(29)30)18-6-7-19-22-20(9-11-25(18,19)4)26(5)10-8-17(27)13-21(26)16(3)23(22)28/h14-23,27-28H,6-13H2,1-5H3,(H,29,30)/t14-,15?,16-,17-,18?,19?,20?,21?,22?,23-,25-,26-/m1/s1. The lowest BCUT2D eigenvalue weighted by atomic mass is 9.42. The summed E-state index contributed by atoms with van der Waals surface area (Å²) in [5.74, 6) is 2.15. The van der Waals surface area contributed by atoms with Crippen LogP contribution in [-0.4, -0.2) is 33.5 Å². The van der Waals surface area contributed by atoms with Crippen molar-refractivity contribution in [2.45, 2.75) is 98.2 Å². The maximum Gasteiger partial charge on any atom is 0.306 e. The fourth-order valence-electron chi connectivity index (χ4n) is 9.45. The number of carbonyl (C=O) groups is 1. The van der Waals surface area contributed by atoms with E-state index in [9.17, 15) is 20.1 Å². The second kappa shape index (κ2) is 7.76. The minimum atomic E-state index is -0.680. The van der Waals surface area contributed by atoms with Gasteiger partial charge in [0.15, 0.2) is 0 Å². The van der Waals surface area contributed by atoms with E-state index in [4.69, 9.17) is 0 Å². The zero-order valence-corrected chi connectivity index (χ0v) is 19.7. The molecule has 0 aromatic carbocycles. The van der Waals surface area contributed by atoms with Gasteiger partial charge in [-0.2, -0.15) is 0 Å². The highest BCUT2D eigenvalue weighted by Gasteiger charge is 2.64. The molecule has 4 aliphatic rings. The Balaban J connectivity index is 1.59. The van der Waals surface area contributed by atoms with Gasteiger partial charge in [0.2, 0.25) is 0 Å². The van der Waals surface area contributed by atoms with Gasteiger partial charge in [-0.05, 0) is 104 Å². The van der Waals surface area contributed by atoms with Crippen molar-refractivity contribution in [2.24, 2.45) is 58.2 Å². The highest BCUT2D eigenvalue weighted by molar-refractivity contribution is 5.69. The van der Waals surface area contributed by atoms with Gasteiger partial charge < -0.3 is 15.3 Å². The zero-order chi connectivity index (χ0) is 22.0. The third kappa shape index (κ3) is 3.27. The van der Waals surface area contributed by atoms with E-state index in [-0.39, 0.29) is 34.9 Å². The molecule has 3 N–H and O–H groups in total. The molecule has 12 atom stereocenters. The molecule has 4 fully saturated rings. The van der Waals surface area contributed by atoms with Crippen LogP contribution in [0.1, 0.15) is 86.0 Å². The highest BCUT2D eigenvalue weighted by Crippen LogP contribution is 2.69. The predicted molar refractivity (Wildman–Crippen MR) is 118 cm³/mol. The van der Waals surface area contributed by atoms with Crippen LogP contribution in [-0.2, 0) is 4.79 Å². The van der Waals surface area contributed by atoms with Gasteiger partial charge in [0.05, 0.1) is 18.1 Å². The first-order valence-corrected chi connectivity index (χ1v) is 12.6. The quantitative estimate of drug-likeness (QED) is 0.600. The van der Waals surface area contributed by atoms with Crippen LogP contribution in [0.25, 0.3) is 0 Å². The second-order valence-electron chi connectivity index (χ2n) is 12.4. The largest absolute Gasteiger partial charge is 0.481 e. The zero-order valence-electron chi connectivity index (χ0n) is 19.7. The number of fused-ring (bicyclic) bond motifs is 5. The molecule has 0 amide bonds.